The van der Waals surface area contributed by atoms with Crippen molar-refractivity contribution in [2.24, 2.45) is 28.6 Å². The molecule has 3 aliphatic carbocycles. The van der Waals surface area contributed by atoms with Crippen molar-refractivity contribution in [3.8, 4) is 0 Å². The van der Waals surface area contributed by atoms with Gasteiger partial charge in [-0.25, -0.2) is 4.68 Å². The van der Waals surface area contributed by atoms with E-state index in [0.717, 1.165) is 50.4 Å². The third-order valence-corrected chi connectivity index (χ3v) is 8.43. The normalized spacial score (nSPS) is 42.9. The first-order valence-electron chi connectivity index (χ1n) is 10.5. The van der Waals surface area contributed by atoms with E-state index < -0.39 is 0 Å². The van der Waals surface area contributed by atoms with E-state index in [-0.39, 0.29) is 17.5 Å². The third kappa shape index (κ3) is 2.59. The van der Waals surface area contributed by atoms with Crippen molar-refractivity contribution in [3.63, 3.8) is 0 Å². The van der Waals surface area contributed by atoms with Crippen LogP contribution in [-0.2, 0) is 22.5 Å². The van der Waals surface area contributed by atoms with Gasteiger partial charge in [-0.15, -0.1) is 5.10 Å². The molecule has 4 aliphatic rings. The van der Waals surface area contributed by atoms with E-state index in [1.807, 2.05) is 4.68 Å². The summed E-state index contributed by atoms with van der Waals surface area (Å²) in [5.41, 5.74) is 2.12. The lowest BCUT2D eigenvalue weighted by molar-refractivity contribution is -0.148. The van der Waals surface area contributed by atoms with E-state index in [4.69, 9.17) is 4.74 Å². The van der Waals surface area contributed by atoms with Gasteiger partial charge in [0.1, 0.15) is 6.10 Å². The Morgan fingerprint density at radius 2 is 2.07 bits per heavy atom. The fraction of sp³-hybridized carbons (Fsp3) is 0.810. The maximum atomic E-state index is 11.4. The molecular weight excluding hydrogens is 340 g/mol. The highest BCUT2D eigenvalue weighted by atomic mass is 16.5. The van der Waals surface area contributed by atoms with Crippen LogP contribution in [0, 0.1) is 28.6 Å². The molecule has 0 radical (unpaired) electrons. The molecule has 0 bridgehead atoms. The van der Waals surface area contributed by atoms with Crippen LogP contribution in [0.4, 0.5) is 0 Å². The minimum atomic E-state index is -0.147. The molecule has 0 unspecified atom stereocenters. The maximum Gasteiger partial charge on any atom is 0.302 e. The number of hydrogen-bond donors (Lipinski definition) is 0. The SMILES string of the molecule is CC(=O)O[C@H]1CC[C@@]2(C)C(=CC[C@H]3[C@@H]4Cc5nnnn5C[C@@]4(C)CC[C@@H]32)C1. The van der Waals surface area contributed by atoms with Gasteiger partial charge in [0.05, 0.1) is 6.54 Å². The number of hydrogen-bond acceptors (Lipinski definition) is 5. The largest absolute Gasteiger partial charge is 0.462 e. The fourth-order valence-corrected chi connectivity index (χ4v) is 6.98. The molecule has 0 aromatic carbocycles. The number of tetrazole rings is 1. The molecule has 6 atom stereocenters. The van der Waals surface area contributed by atoms with Gasteiger partial charge in [0.15, 0.2) is 5.82 Å². The topological polar surface area (TPSA) is 69.9 Å². The van der Waals surface area contributed by atoms with Gasteiger partial charge in [-0.2, -0.15) is 0 Å². The Morgan fingerprint density at radius 3 is 2.89 bits per heavy atom. The van der Waals surface area contributed by atoms with E-state index in [9.17, 15) is 4.79 Å². The van der Waals surface area contributed by atoms with Gasteiger partial charge in [0.25, 0.3) is 0 Å². The molecule has 0 N–H and O–H groups in total. The highest BCUT2D eigenvalue weighted by Gasteiger charge is 2.56. The first-order chi connectivity index (χ1) is 12.9. The second kappa shape index (κ2) is 5.89. The van der Waals surface area contributed by atoms with E-state index in [1.165, 1.54) is 19.8 Å². The molecule has 0 saturated heterocycles. The molecule has 2 fully saturated rings. The minimum absolute atomic E-state index is 0.0755. The van der Waals surface area contributed by atoms with Gasteiger partial charge < -0.3 is 4.74 Å². The van der Waals surface area contributed by atoms with Gasteiger partial charge in [-0.05, 0) is 71.1 Å². The lowest BCUT2D eigenvalue weighted by Crippen LogP contribution is -2.54. The van der Waals surface area contributed by atoms with Crippen molar-refractivity contribution in [1.29, 1.82) is 0 Å². The minimum Gasteiger partial charge on any atom is -0.462 e. The van der Waals surface area contributed by atoms with Crippen LogP contribution in [0.5, 0.6) is 0 Å². The standard InChI is InChI=1S/C21H30N4O2/c1-13(26)27-15-6-9-21(3)14(10-15)4-5-16-17(21)7-8-20(2)12-25-19(11-18(16)20)22-23-24-25/h4,15-18H,5-12H2,1-3H3/t15-,16+,17-,18-,20+,21-/m0/s1. The highest BCUT2D eigenvalue weighted by molar-refractivity contribution is 5.66. The van der Waals surface area contributed by atoms with Crippen LogP contribution in [0.3, 0.4) is 0 Å². The predicted octanol–water partition coefficient (Wildman–Crippen LogP) is 3.33. The first kappa shape index (κ1) is 17.4. The summed E-state index contributed by atoms with van der Waals surface area (Å²) in [5, 5.41) is 12.4. The van der Waals surface area contributed by atoms with Gasteiger partial charge >= 0.3 is 5.97 Å². The number of allylic oxidation sites excluding steroid dienone is 1. The average molecular weight is 370 g/mol. The molecule has 0 spiro atoms. The number of fused-ring (bicyclic) bond motifs is 6. The van der Waals surface area contributed by atoms with Crippen molar-refractivity contribution >= 4 is 5.97 Å². The molecular formula is C21H30N4O2. The number of aromatic nitrogens is 4. The average Bonchev–Trinajstić information content (AvgIpc) is 3.05. The molecule has 0 amide bonds. The summed E-state index contributed by atoms with van der Waals surface area (Å²) < 4.78 is 7.58. The molecule has 1 aliphatic heterocycles. The van der Waals surface area contributed by atoms with Gasteiger partial charge in [-0.1, -0.05) is 25.5 Å². The number of nitrogens with zero attached hydrogens (tertiary/aromatic N) is 4. The van der Waals surface area contributed by atoms with Crippen molar-refractivity contribution < 1.29 is 9.53 Å². The van der Waals surface area contributed by atoms with E-state index in [0.29, 0.717) is 17.3 Å². The zero-order valence-electron chi connectivity index (χ0n) is 16.6. The summed E-state index contributed by atoms with van der Waals surface area (Å²) in [4.78, 5) is 11.4. The Morgan fingerprint density at radius 1 is 1.22 bits per heavy atom. The predicted molar refractivity (Wildman–Crippen MR) is 99.5 cm³/mol. The zero-order chi connectivity index (χ0) is 18.8. The smallest absolute Gasteiger partial charge is 0.302 e. The molecule has 6 nitrogen and oxygen atoms in total. The Hall–Kier alpha value is -1.72. The van der Waals surface area contributed by atoms with Gasteiger partial charge in [0, 0.05) is 19.8 Å². The lowest BCUT2D eigenvalue weighted by Gasteiger charge is -2.59. The summed E-state index contributed by atoms with van der Waals surface area (Å²) in [6.07, 6.45) is 10.4. The Kier molecular flexibility index (Phi) is 3.79. The number of carbonyl (C=O) groups is 1. The molecule has 5 rings (SSSR count). The van der Waals surface area contributed by atoms with E-state index >= 15 is 0 Å². The zero-order valence-corrected chi connectivity index (χ0v) is 16.6. The second-order valence-corrected chi connectivity index (χ2v) is 9.88. The monoisotopic (exact) mass is 370 g/mol. The molecule has 2 heterocycles. The molecule has 27 heavy (non-hydrogen) atoms. The van der Waals surface area contributed by atoms with E-state index in [1.54, 1.807) is 5.57 Å². The summed E-state index contributed by atoms with van der Waals surface area (Å²) in [7, 11) is 0. The number of esters is 1. The fourth-order valence-electron chi connectivity index (χ4n) is 6.98. The van der Waals surface area contributed by atoms with Crippen LogP contribution in [0.25, 0.3) is 0 Å². The van der Waals surface area contributed by atoms with Crippen LogP contribution in [-0.4, -0.2) is 32.3 Å². The van der Waals surface area contributed by atoms with Crippen molar-refractivity contribution in [1.82, 2.24) is 20.2 Å². The van der Waals surface area contributed by atoms with Crippen molar-refractivity contribution in [3.05, 3.63) is 17.5 Å². The summed E-state index contributed by atoms with van der Waals surface area (Å²) >= 11 is 0. The molecule has 6 heteroatoms. The van der Waals surface area contributed by atoms with E-state index in [2.05, 4.69) is 35.4 Å². The first-order valence-corrected chi connectivity index (χ1v) is 10.5. The van der Waals surface area contributed by atoms with Crippen molar-refractivity contribution in [2.45, 2.75) is 78.4 Å². The van der Waals surface area contributed by atoms with Gasteiger partial charge in [-0.3, -0.25) is 4.79 Å². The molecule has 2 saturated carbocycles. The Balaban J connectivity index is 1.44. The highest BCUT2D eigenvalue weighted by Crippen LogP contribution is 2.62. The summed E-state index contributed by atoms with van der Waals surface area (Å²) in [6, 6.07) is 0. The van der Waals surface area contributed by atoms with Gasteiger partial charge in [0.2, 0.25) is 0 Å². The third-order valence-electron chi connectivity index (χ3n) is 8.43. The van der Waals surface area contributed by atoms with Crippen LogP contribution >= 0.6 is 0 Å². The Bertz CT molecular complexity index is 802. The maximum absolute atomic E-state index is 11.4. The van der Waals surface area contributed by atoms with Crippen molar-refractivity contribution in [2.75, 3.05) is 0 Å². The Labute approximate surface area is 160 Å². The van der Waals surface area contributed by atoms with Crippen LogP contribution in [0.2, 0.25) is 0 Å². The number of carbonyl (C=O) groups excluding carboxylic acids is 1. The summed E-state index contributed by atoms with van der Waals surface area (Å²) in [5.74, 6) is 3.03. The quantitative estimate of drug-likeness (QED) is 0.560. The van der Waals surface area contributed by atoms with Crippen LogP contribution in [0.1, 0.15) is 65.1 Å². The number of ether oxygens (including phenoxy) is 1. The molecule has 1 aromatic heterocycles. The number of rotatable bonds is 1. The lowest BCUT2D eigenvalue weighted by atomic mass is 9.46. The molecule has 1 aromatic rings. The summed E-state index contributed by atoms with van der Waals surface area (Å²) in [6.45, 7) is 7.43. The van der Waals surface area contributed by atoms with Crippen LogP contribution in [0.15, 0.2) is 11.6 Å². The van der Waals surface area contributed by atoms with Crippen LogP contribution < -0.4 is 0 Å². The second-order valence-electron chi connectivity index (χ2n) is 9.88. The molecule has 146 valence electrons.